The number of hydrogen-bond acceptors (Lipinski definition) is 2. The highest BCUT2D eigenvalue weighted by Gasteiger charge is 2.39. The number of nitrogens with one attached hydrogen (secondary N) is 1. The molecule has 0 atom stereocenters. The quantitative estimate of drug-likeness (QED) is 0.880. The van der Waals surface area contributed by atoms with Crippen molar-refractivity contribution in [2.24, 2.45) is 0 Å². The lowest BCUT2D eigenvalue weighted by Gasteiger charge is -2.04. The molecule has 90 valence electrons. The Morgan fingerprint density at radius 2 is 2.12 bits per heavy atom. The van der Waals surface area contributed by atoms with Crippen LogP contribution in [0.2, 0.25) is 0 Å². The maximum Gasteiger partial charge on any atom is 0.471 e. The maximum absolute atomic E-state index is 12.0. The predicted molar refractivity (Wildman–Crippen MR) is 57.6 cm³/mol. The van der Waals surface area contributed by atoms with Crippen LogP contribution >= 0.6 is 15.9 Å². The summed E-state index contributed by atoms with van der Waals surface area (Å²) < 4.78 is 38.1. The first-order valence-corrected chi connectivity index (χ1v) is 5.19. The van der Waals surface area contributed by atoms with Gasteiger partial charge in [-0.15, -0.1) is 0 Å². The minimum absolute atomic E-state index is 0.148. The first kappa shape index (κ1) is 11.9. The minimum Gasteiger partial charge on any atom is -0.301 e. The van der Waals surface area contributed by atoms with Gasteiger partial charge in [0.1, 0.15) is 0 Å². The van der Waals surface area contributed by atoms with Crippen LogP contribution in [0.3, 0.4) is 0 Å². The molecule has 0 spiro atoms. The molecule has 8 heteroatoms. The van der Waals surface area contributed by atoms with Crippen LogP contribution in [0.15, 0.2) is 28.9 Å². The third kappa shape index (κ3) is 2.57. The van der Waals surface area contributed by atoms with E-state index in [0.717, 1.165) is 4.47 Å². The van der Waals surface area contributed by atoms with Crippen molar-refractivity contribution >= 4 is 33.2 Å². The van der Waals surface area contributed by atoms with Crippen molar-refractivity contribution in [2.75, 3.05) is 5.32 Å². The van der Waals surface area contributed by atoms with Crippen LogP contribution in [0, 0.1) is 0 Å². The minimum atomic E-state index is -4.92. The molecule has 17 heavy (non-hydrogen) atoms. The van der Waals surface area contributed by atoms with Gasteiger partial charge in [0.25, 0.3) is 0 Å². The molecule has 2 aromatic heterocycles. The largest absolute Gasteiger partial charge is 0.471 e. The Kier molecular flexibility index (Phi) is 2.82. The van der Waals surface area contributed by atoms with Crippen molar-refractivity contribution in [3.05, 3.63) is 28.9 Å². The number of fused-ring (bicyclic) bond motifs is 1. The molecule has 0 unspecified atom stereocenters. The van der Waals surface area contributed by atoms with E-state index in [1.807, 2.05) is 0 Å². The van der Waals surface area contributed by atoms with Crippen LogP contribution in [-0.4, -0.2) is 21.7 Å². The molecule has 0 aliphatic heterocycles. The number of amides is 1. The normalized spacial score (nSPS) is 11.8. The Bertz CT molecular complexity index is 578. The van der Waals surface area contributed by atoms with E-state index in [2.05, 4.69) is 21.0 Å². The second-order valence-electron chi connectivity index (χ2n) is 3.20. The van der Waals surface area contributed by atoms with Crippen molar-refractivity contribution < 1.29 is 18.0 Å². The second-order valence-corrected chi connectivity index (χ2v) is 4.11. The molecule has 0 aliphatic carbocycles. The van der Waals surface area contributed by atoms with Crippen LogP contribution in [0.1, 0.15) is 0 Å². The van der Waals surface area contributed by atoms with Crippen LogP contribution in [-0.2, 0) is 4.79 Å². The van der Waals surface area contributed by atoms with Gasteiger partial charge in [0, 0.05) is 16.7 Å². The summed E-state index contributed by atoms with van der Waals surface area (Å²) in [5.41, 5.74) is 0.567. The summed E-state index contributed by atoms with van der Waals surface area (Å²) in [6.45, 7) is 0. The van der Waals surface area contributed by atoms with Gasteiger partial charge >= 0.3 is 12.1 Å². The number of carbonyl (C=O) groups is 1. The van der Waals surface area contributed by atoms with Crippen molar-refractivity contribution in [1.82, 2.24) is 9.61 Å². The van der Waals surface area contributed by atoms with Gasteiger partial charge in [0.2, 0.25) is 0 Å². The first-order chi connectivity index (χ1) is 7.86. The van der Waals surface area contributed by atoms with Crippen LogP contribution in [0.25, 0.3) is 5.52 Å². The van der Waals surface area contributed by atoms with Crippen LogP contribution in [0.4, 0.5) is 19.0 Å². The van der Waals surface area contributed by atoms with Gasteiger partial charge in [-0.2, -0.15) is 18.3 Å². The summed E-state index contributed by atoms with van der Waals surface area (Å²) in [5, 5.41) is 5.45. The molecule has 0 fully saturated rings. The van der Waals surface area contributed by atoms with E-state index < -0.39 is 12.1 Å². The third-order valence-electron chi connectivity index (χ3n) is 1.92. The fraction of sp³-hybridized carbons (Fsp3) is 0.111. The van der Waals surface area contributed by atoms with E-state index >= 15 is 0 Å². The topological polar surface area (TPSA) is 46.4 Å². The maximum atomic E-state index is 12.0. The molecule has 2 aromatic rings. The molecule has 1 amide bonds. The van der Waals surface area contributed by atoms with Gasteiger partial charge in [0.15, 0.2) is 5.82 Å². The van der Waals surface area contributed by atoms with E-state index in [1.54, 1.807) is 23.6 Å². The summed E-state index contributed by atoms with van der Waals surface area (Å²) in [6.07, 6.45) is -3.36. The molecular formula is C9H5BrF3N3O. The highest BCUT2D eigenvalue weighted by Crippen LogP contribution is 2.20. The molecule has 0 saturated heterocycles. The van der Waals surface area contributed by atoms with E-state index in [1.165, 1.54) is 10.6 Å². The fourth-order valence-corrected chi connectivity index (χ4v) is 1.57. The monoisotopic (exact) mass is 307 g/mol. The standard InChI is InChI=1S/C9H5BrF3N3O/c10-5-1-2-16-6(3-5)4-7(15-16)14-8(17)9(11,12)13/h1-4H,(H,14,15,17). The third-order valence-corrected chi connectivity index (χ3v) is 2.42. The Labute approximate surface area is 102 Å². The molecule has 0 radical (unpaired) electrons. The van der Waals surface area contributed by atoms with Gasteiger partial charge in [-0.1, -0.05) is 15.9 Å². The van der Waals surface area contributed by atoms with Crippen molar-refractivity contribution in [2.45, 2.75) is 6.18 Å². The van der Waals surface area contributed by atoms with Gasteiger partial charge < -0.3 is 5.32 Å². The lowest BCUT2D eigenvalue weighted by atomic mass is 10.4. The number of anilines is 1. The van der Waals surface area contributed by atoms with Crippen LogP contribution < -0.4 is 5.32 Å². The van der Waals surface area contributed by atoms with E-state index in [-0.39, 0.29) is 5.82 Å². The lowest BCUT2D eigenvalue weighted by molar-refractivity contribution is -0.167. The van der Waals surface area contributed by atoms with Crippen molar-refractivity contribution in [3.63, 3.8) is 0 Å². The number of pyridine rings is 1. The Hall–Kier alpha value is -1.57. The Morgan fingerprint density at radius 1 is 1.41 bits per heavy atom. The molecule has 0 aliphatic rings. The van der Waals surface area contributed by atoms with Crippen LogP contribution in [0.5, 0.6) is 0 Å². The van der Waals surface area contributed by atoms with Crippen molar-refractivity contribution in [1.29, 1.82) is 0 Å². The molecule has 4 nitrogen and oxygen atoms in total. The number of carbonyl (C=O) groups excluding carboxylic acids is 1. The van der Waals surface area contributed by atoms with Gasteiger partial charge in [0.05, 0.1) is 5.52 Å². The highest BCUT2D eigenvalue weighted by atomic mass is 79.9. The number of halogens is 4. The van der Waals surface area contributed by atoms with E-state index in [4.69, 9.17) is 0 Å². The van der Waals surface area contributed by atoms with E-state index in [9.17, 15) is 18.0 Å². The molecular weight excluding hydrogens is 303 g/mol. The van der Waals surface area contributed by atoms with Gasteiger partial charge in [-0.3, -0.25) is 4.79 Å². The lowest BCUT2D eigenvalue weighted by Crippen LogP contribution is -2.30. The number of alkyl halides is 3. The van der Waals surface area contributed by atoms with Crippen molar-refractivity contribution in [3.8, 4) is 0 Å². The first-order valence-electron chi connectivity index (χ1n) is 4.39. The molecule has 2 rings (SSSR count). The summed E-state index contributed by atoms with van der Waals surface area (Å²) in [4.78, 5) is 10.7. The Morgan fingerprint density at radius 3 is 2.76 bits per heavy atom. The number of nitrogens with zero attached hydrogens (tertiary/aromatic N) is 2. The average Bonchev–Trinajstić information content (AvgIpc) is 2.57. The summed E-state index contributed by atoms with van der Waals surface area (Å²) in [6, 6.07) is 4.68. The zero-order chi connectivity index (χ0) is 12.6. The molecule has 1 N–H and O–H groups in total. The molecule has 0 aromatic carbocycles. The summed E-state index contributed by atoms with van der Waals surface area (Å²) >= 11 is 3.22. The highest BCUT2D eigenvalue weighted by molar-refractivity contribution is 9.10. The SMILES string of the molecule is O=C(Nc1cc2cc(Br)ccn2n1)C(F)(F)F. The van der Waals surface area contributed by atoms with Gasteiger partial charge in [-0.05, 0) is 12.1 Å². The Balaban J connectivity index is 2.29. The number of rotatable bonds is 1. The molecule has 0 bridgehead atoms. The van der Waals surface area contributed by atoms with E-state index in [0.29, 0.717) is 5.52 Å². The smallest absolute Gasteiger partial charge is 0.301 e. The molecule has 2 heterocycles. The average molecular weight is 308 g/mol. The summed E-state index contributed by atoms with van der Waals surface area (Å²) in [5.74, 6) is -2.19. The number of hydrogen-bond donors (Lipinski definition) is 1. The predicted octanol–water partition coefficient (Wildman–Crippen LogP) is 2.60. The summed E-state index contributed by atoms with van der Waals surface area (Å²) in [7, 11) is 0. The zero-order valence-corrected chi connectivity index (χ0v) is 9.71. The number of aromatic nitrogens is 2. The second kappa shape index (κ2) is 4.02. The molecule has 0 saturated carbocycles. The fourth-order valence-electron chi connectivity index (χ4n) is 1.22. The zero-order valence-electron chi connectivity index (χ0n) is 8.12. The van der Waals surface area contributed by atoms with Gasteiger partial charge in [-0.25, -0.2) is 4.52 Å².